The second kappa shape index (κ2) is 39.8. The number of carbonyl (C=O) groups is 1. The zero-order valence-electron chi connectivity index (χ0n) is 41.3. The van der Waals surface area contributed by atoms with E-state index in [1.54, 1.807) is 6.08 Å². The number of carbonyl (C=O) groups excluding carboxylic acids is 1. The Morgan fingerprint density at radius 1 is 0.544 bits per heavy atom. The normalized spacial score (nSPS) is 27.1. The average Bonchev–Trinajstić information content (AvgIpc) is 3.34. The Morgan fingerprint density at radius 2 is 1.03 bits per heavy atom. The molecule has 2 fully saturated rings. The zero-order valence-corrected chi connectivity index (χ0v) is 41.3. The van der Waals surface area contributed by atoms with E-state index >= 15 is 0 Å². The molecule has 2 heterocycles. The van der Waals surface area contributed by atoms with Gasteiger partial charge in [-0.3, -0.25) is 4.79 Å². The Morgan fingerprint density at radius 3 is 1.62 bits per heavy atom. The molecule has 0 spiro atoms. The highest BCUT2D eigenvalue weighted by Crippen LogP contribution is 2.30. The van der Waals surface area contributed by atoms with Gasteiger partial charge in [0.2, 0.25) is 5.91 Å². The minimum absolute atomic E-state index is 0.237. The molecule has 0 saturated carbocycles. The van der Waals surface area contributed by atoms with E-state index in [4.69, 9.17) is 18.9 Å². The number of ether oxygens (including phenoxy) is 4. The van der Waals surface area contributed by atoms with Crippen LogP contribution in [0.5, 0.6) is 0 Å². The van der Waals surface area contributed by atoms with E-state index in [2.05, 4.69) is 92.1 Å². The predicted molar refractivity (Wildman–Crippen MR) is 267 cm³/mol. The van der Waals surface area contributed by atoms with Crippen molar-refractivity contribution in [1.29, 1.82) is 0 Å². The summed E-state index contributed by atoms with van der Waals surface area (Å²) in [5, 5.41) is 86.7. The van der Waals surface area contributed by atoms with Crippen molar-refractivity contribution in [2.45, 2.75) is 229 Å². The summed E-state index contributed by atoms with van der Waals surface area (Å²) in [4.78, 5) is 13.2. The predicted octanol–water partition coefficient (Wildman–Crippen LogP) is 6.99. The number of amides is 1. The maximum Gasteiger partial charge on any atom is 0.220 e. The Labute approximate surface area is 408 Å². The van der Waals surface area contributed by atoms with E-state index in [0.717, 1.165) is 77.0 Å². The van der Waals surface area contributed by atoms with Gasteiger partial charge in [0.25, 0.3) is 0 Å². The summed E-state index contributed by atoms with van der Waals surface area (Å²) in [6.07, 6.45) is 34.7. The molecule has 0 aliphatic carbocycles. The SMILES string of the molecule is CC/C=C\C/C=C\C/C=C\C/C=C\CCCCCCC(=O)NC(COC1OC(CO)C(OC2OC(CO)C(O)C(O)C2O)C(O)C1O)C(O)/C=C/CC/C=C/CC/C=C/CCCCCCCCC. The van der Waals surface area contributed by atoms with E-state index in [0.29, 0.717) is 12.8 Å². The Hall–Kier alpha value is -2.83. The smallest absolute Gasteiger partial charge is 0.220 e. The van der Waals surface area contributed by atoms with Crippen LogP contribution in [-0.4, -0.2) is 140 Å². The summed E-state index contributed by atoms with van der Waals surface area (Å²) in [7, 11) is 0. The molecule has 12 unspecified atom stereocenters. The first-order chi connectivity index (χ1) is 33.1. The highest BCUT2D eigenvalue weighted by Gasteiger charge is 2.51. The van der Waals surface area contributed by atoms with Crippen LogP contribution in [0.25, 0.3) is 0 Å². The van der Waals surface area contributed by atoms with Gasteiger partial charge in [0.05, 0.1) is 32.0 Å². The number of nitrogens with one attached hydrogen (secondary N) is 1. The number of hydrogen-bond donors (Lipinski definition) is 9. The molecular weight excluding hydrogens is 871 g/mol. The van der Waals surface area contributed by atoms with Crippen LogP contribution in [0.15, 0.2) is 85.1 Å². The third-order valence-electron chi connectivity index (χ3n) is 12.0. The summed E-state index contributed by atoms with van der Waals surface area (Å²) in [5.74, 6) is -0.282. The lowest BCUT2D eigenvalue weighted by Gasteiger charge is -2.46. The number of aliphatic hydroxyl groups is 8. The molecule has 12 atom stereocenters. The van der Waals surface area contributed by atoms with Gasteiger partial charge in [-0.25, -0.2) is 0 Å². The molecular formula is C54H91NO13. The van der Waals surface area contributed by atoms with E-state index in [1.165, 1.54) is 44.9 Å². The van der Waals surface area contributed by atoms with Crippen LogP contribution >= 0.6 is 0 Å². The molecule has 0 radical (unpaired) electrons. The van der Waals surface area contributed by atoms with Gasteiger partial charge in [-0.1, -0.05) is 150 Å². The van der Waals surface area contributed by atoms with Gasteiger partial charge in [-0.15, -0.1) is 0 Å². The summed E-state index contributed by atoms with van der Waals surface area (Å²) in [6, 6.07) is -0.955. The van der Waals surface area contributed by atoms with Crippen molar-refractivity contribution in [3.05, 3.63) is 85.1 Å². The summed E-state index contributed by atoms with van der Waals surface area (Å²) < 4.78 is 22.7. The van der Waals surface area contributed by atoms with Crippen LogP contribution in [-0.2, 0) is 23.7 Å². The van der Waals surface area contributed by atoms with Crippen LogP contribution in [0.4, 0.5) is 0 Å². The van der Waals surface area contributed by atoms with Gasteiger partial charge in [0.15, 0.2) is 12.6 Å². The Balaban J connectivity index is 1.89. The van der Waals surface area contributed by atoms with Crippen molar-refractivity contribution in [1.82, 2.24) is 5.32 Å². The molecule has 0 aromatic heterocycles. The van der Waals surface area contributed by atoms with E-state index in [1.807, 2.05) is 6.08 Å². The van der Waals surface area contributed by atoms with Crippen LogP contribution in [0.3, 0.4) is 0 Å². The largest absolute Gasteiger partial charge is 0.394 e. The van der Waals surface area contributed by atoms with Crippen LogP contribution in [0, 0.1) is 0 Å². The minimum Gasteiger partial charge on any atom is -0.394 e. The van der Waals surface area contributed by atoms with E-state index < -0.39 is 86.8 Å². The summed E-state index contributed by atoms with van der Waals surface area (Å²) >= 11 is 0. The number of hydrogen-bond acceptors (Lipinski definition) is 13. The van der Waals surface area contributed by atoms with Crippen molar-refractivity contribution < 1.29 is 64.6 Å². The van der Waals surface area contributed by atoms with E-state index in [-0.39, 0.29) is 18.9 Å². The molecule has 0 aromatic rings. The monoisotopic (exact) mass is 962 g/mol. The van der Waals surface area contributed by atoms with Crippen molar-refractivity contribution in [3.8, 4) is 0 Å². The van der Waals surface area contributed by atoms with Crippen molar-refractivity contribution >= 4 is 5.91 Å². The fourth-order valence-electron chi connectivity index (χ4n) is 7.84. The molecule has 2 rings (SSSR count). The first kappa shape index (κ1) is 61.3. The number of aliphatic hydroxyl groups excluding tert-OH is 8. The molecule has 68 heavy (non-hydrogen) atoms. The molecule has 2 saturated heterocycles. The first-order valence-corrected chi connectivity index (χ1v) is 25.8. The zero-order chi connectivity index (χ0) is 49.6. The molecule has 1 amide bonds. The van der Waals surface area contributed by atoms with Crippen LogP contribution in [0.1, 0.15) is 155 Å². The topological polar surface area (TPSA) is 228 Å². The second-order valence-electron chi connectivity index (χ2n) is 17.9. The molecule has 14 nitrogen and oxygen atoms in total. The first-order valence-electron chi connectivity index (χ1n) is 25.8. The van der Waals surface area contributed by atoms with Crippen molar-refractivity contribution in [3.63, 3.8) is 0 Å². The van der Waals surface area contributed by atoms with Gasteiger partial charge in [0, 0.05) is 6.42 Å². The molecule has 9 N–H and O–H groups in total. The summed E-state index contributed by atoms with van der Waals surface area (Å²) in [5.41, 5.74) is 0. The number of unbranched alkanes of at least 4 members (excludes halogenated alkanes) is 13. The maximum absolute atomic E-state index is 13.2. The quantitative estimate of drug-likeness (QED) is 0.0225. The minimum atomic E-state index is -1.80. The Kier molecular flexibility index (Phi) is 35.9. The van der Waals surface area contributed by atoms with Gasteiger partial charge >= 0.3 is 0 Å². The lowest BCUT2D eigenvalue weighted by atomic mass is 9.97. The molecule has 0 bridgehead atoms. The maximum atomic E-state index is 13.2. The number of allylic oxidation sites excluding steroid dienone is 13. The molecule has 2 aliphatic rings. The summed E-state index contributed by atoms with van der Waals surface area (Å²) in [6.45, 7) is 2.60. The lowest BCUT2D eigenvalue weighted by Crippen LogP contribution is -2.65. The third-order valence-corrected chi connectivity index (χ3v) is 12.0. The number of rotatable bonds is 38. The Bertz CT molecular complexity index is 1460. The average molecular weight is 962 g/mol. The van der Waals surface area contributed by atoms with Crippen LogP contribution < -0.4 is 5.32 Å². The van der Waals surface area contributed by atoms with Gasteiger partial charge in [-0.05, 0) is 83.5 Å². The van der Waals surface area contributed by atoms with E-state index in [9.17, 15) is 45.6 Å². The van der Waals surface area contributed by atoms with Gasteiger partial charge < -0.3 is 65.1 Å². The lowest BCUT2D eigenvalue weighted by molar-refractivity contribution is -0.359. The molecule has 0 aromatic carbocycles. The fraction of sp³-hybridized carbons (Fsp3) is 0.722. The van der Waals surface area contributed by atoms with Crippen LogP contribution in [0.2, 0.25) is 0 Å². The van der Waals surface area contributed by atoms with Crippen molar-refractivity contribution in [2.75, 3.05) is 19.8 Å². The standard InChI is InChI=1S/C54H91NO13/c1-3-5-7-9-11-13-15-17-19-21-23-25-27-29-31-33-35-37-43(58)42(55-46(59)38-36-34-32-30-28-26-24-22-20-18-16-14-12-10-8-6-4-2)41-65-53-51(64)49(62)52(45(40-57)67-53)68-54-50(63)48(61)47(60)44(39-56)66-54/h6,8,12,14,18-21,24,26-27,29,35,37,42-45,47-54,56-58,60-64H,3-5,7,9-11,13,15-17,22-23,25,28,30-34,36,38-41H2,1-2H3,(H,55,59)/b8-6-,14-12-,20-18-,21-19+,26-24-,29-27+,37-35+. The fourth-order valence-corrected chi connectivity index (χ4v) is 7.84. The molecule has 390 valence electrons. The molecule has 14 heteroatoms. The highest BCUT2D eigenvalue weighted by molar-refractivity contribution is 5.76. The highest BCUT2D eigenvalue weighted by atomic mass is 16.7. The van der Waals surface area contributed by atoms with Crippen molar-refractivity contribution in [2.24, 2.45) is 0 Å². The third kappa shape index (κ3) is 26.4. The second-order valence-corrected chi connectivity index (χ2v) is 17.9. The van der Waals surface area contributed by atoms with Gasteiger partial charge in [-0.2, -0.15) is 0 Å². The molecule has 2 aliphatic heterocycles. The van der Waals surface area contributed by atoms with Gasteiger partial charge in [0.1, 0.15) is 48.8 Å².